The summed E-state index contributed by atoms with van der Waals surface area (Å²) in [4.78, 5) is 0. The summed E-state index contributed by atoms with van der Waals surface area (Å²) < 4.78 is 0. The molecule has 0 fully saturated rings. The average Bonchev–Trinajstić information content (AvgIpc) is 1.86. The van der Waals surface area contributed by atoms with E-state index in [4.69, 9.17) is 10.4 Å². The van der Waals surface area contributed by atoms with Gasteiger partial charge >= 0.3 is 0 Å². The number of hydroxylamine groups is 2. The van der Waals surface area contributed by atoms with E-state index in [1.807, 2.05) is 5.48 Å². The Balaban J connectivity index is 3.80. The highest BCUT2D eigenvalue weighted by atomic mass is 16.5. The Labute approximate surface area is 54.8 Å². The lowest BCUT2D eigenvalue weighted by Gasteiger charge is -2.28. The lowest BCUT2D eigenvalue weighted by molar-refractivity contribution is 0.0176. The summed E-state index contributed by atoms with van der Waals surface area (Å²) in [7, 11) is 0. The minimum absolute atomic E-state index is 0.192. The van der Waals surface area contributed by atoms with Crippen molar-refractivity contribution in [1.82, 2.24) is 11.0 Å². The van der Waals surface area contributed by atoms with Crippen molar-refractivity contribution in [2.75, 3.05) is 0 Å². The molecule has 0 saturated carbocycles. The zero-order chi connectivity index (χ0) is 7.49. The molecule has 0 spiro atoms. The molecule has 1 atom stereocenters. The summed E-state index contributed by atoms with van der Waals surface area (Å²) in [6.45, 7) is 5.28. The van der Waals surface area contributed by atoms with E-state index in [-0.39, 0.29) is 6.04 Å². The topological polar surface area (TPSA) is 64.5 Å². The molecule has 56 valence electrons. The summed E-state index contributed by atoms with van der Waals surface area (Å²) in [5, 5.41) is 16.9. The molecule has 0 aromatic carbocycles. The zero-order valence-corrected chi connectivity index (χ0v) is 5.97. The summed E-state index contributed by atoms with van der Waals surface area (Å²) in [5.74, 6) is 0. The van der Waals surface area contributed by atoms with Gasteiger partial charge in [-0.3, -0.25) is 0 Å². The Morgan fingerprint density at radius 2 is 1.78 bits per heavy atom. The Hall–Kier alpha value is -0.160. The standard InChI is InChI=1S/C5H14N2O2/c1-4(6-8)5(2,3)7-9/h4,6-9H,1-3H3/t4-/m0/s1. The van der Waals surface area contributed by atoms with Gasteiger partial charge in [0, 0.05) is 6.04 Å². The third-order valence-electron chi connectivity index (χ3n) is 1.56. The first-order valence-electron chi connectivity index (χ1n) is 2.85. The fourth-order valence-electron chi connectivity index (χ4n) is 0.258. The second-order valence-electron chi connectivity index (χ2n) is 2.68. The van der Waals surface area contributed by atoms with Crippen molar-refractivity contribution in [3.63, 3.8) is 0 Å². The van der Waals surface area contributed by atoms with Gasteiger partial charge in [0.15, 0.2) is 0 Å². The first kappa shape index (κ1) is 8.84. The molecule has 0 aromatic heterocycles. The van der Waals surface area contributed by atoms with E-state index in [1.165, 1.54) is 0 Å². The lowest BCUT2D eigenvalue weighted by Crippen LogP contribution is -2.52. The highest BCUT2D eigenvalue weighted by Crippen LogP contribution is 2.05. The molecule has 0 saturated heterocycles. The van der Waals surface area contributed by atoms with Gasteiger partial charge in [-0.25, -0.2) is 5.48 Å². The van der Waals surface area contributed by atoms with Gasteiger partial charge in [-0.2, -0.15) is 5.48 Å². The SMILES string of the molecule is C[C@H](NO)C(C)(C)NO. The minimum Gasteiger partial charge on any atom is -0.316 e. The molecule has 0 bridgehead atoms. The van der Waals surface area contributed by atoms with Crippen LogP contribution in [-0.2, 0) is 0 Å². The molecule has 0 aliphatic heterocycles. The van der Waals surface area contributed by atoms with E-state index in [2.05, 4.69) is 5.48 Å². The number of hydrogen-bond donors (Lipinski definition) is 4. The largest absolute Gasteiger partial charge is 0.316 e. The number of nitrogens with one attached hydrogen (secondary N) is 2. The average molecular weight is 134 g/mol. The van der Waals surface area contributed by atoms with Crippen molar-refractivity contribution in [3.05, 3.63) is 0 Å². The number of hydrogen-bond acceptors (Lipinski definition) is 4. The van der Waals surface area contributed by atoms with Crippen LogP contribution >= 0.6 is 0 Å². The highest BCUT2D eigenvalue weighted by molar-refractivity contribution is 4.82. The second-order valence-corrected chi connectivity index (χ2v) is 2.68. The molecule has 0 aromatic rings. The number of rotatable bonds is 3. The molecule has 0 amide bonds. The maximum absolute atomic E-state index is 8.49. The zero-order valence-electron chi connectivity index (χ0n) is 5.97. The highest BCUT2D eigenvalue weighted by Gasteiger charge is 2.23. The molecule has 4 heteroatoms. The van der Waals surface area contributed by atoms with Gasteiger partial charge in [-0.1, -0.05) is 0 Å². The molecule has 0 aliphatic rings. The maximum atomic E-state index is 8.49. The van der Waals surface area contributed by atoms with E-state index >= 15 is 0 Å². The third-order valence-corrected chi connectivity index (χ3v) is 1.56. The van der Waals surface area contributed by atoms with Gasteiger partial charge in [0.05, 0.1) is 5.54 Å². The first-order valence-corrected chi connectivity index (χ1v) is 2.85. The van der Waals surface area contributed by atoms with Crippen LogP contribution in [0.5, 0.6) is 0 Å². The quantitative estimate of drug-likeness (QED) is 0.414. The summed E-state index contributed by atoms with van der Waals surface area (Å²) in [6.07, 6.45) is 0. The fourth-order valence-corrected chi connectivity index (χ4v) is 0.258. The minimum atomic E-state index is -0.505. The predicted molar refractivity (Wildman–Crippen MR) is 33.4 cm³/mol. The van der Waals surface area contributed by atoms with Gasteiger partial charge in [0.25, 0.3) is 0 Å². The van der Waals surface area contributed by atoms with Crippen molar-refractivity contribution in [2.45, 2.75) is 32.4 Å². The molecule has 0 heterocycles. The maximum Gasteiger partial charge on any atom is 0.0546 e. The monoisotopic (exact) mass is 134 g/mol. The van der Waals surface area contributed by atoms with Crippen molar-refractivity contribution in [1.29, 1.82) is 0 Å². The van der Waals surface area contributed by atoms with Gasteiger partial charge in [0.2, 0.25) is 0 Å². The Kier molecular flexibility index (Phi) is 3.07. The van der Waals surface area contributed by atoms with E-state index in [0.29, 0.717) is 0 Å². The van der Waals surface area contributed by atoms with Gasteiger partial charge in [-0.15, -0.1) is 0 Å². The van der Waals surface area contributed by atoms with Crippen molar-refractivity contribution >= 4 is 0 Å². The fraction of sp³-hybridized carbons (Fsp3) is 1.00. The van der Waals surface area contributed by atoms with E-state index in [1.54, 1.807) is 20.8 Å². The van der Waals surface area contributed by atoms with E-state index < -0.39 is 5.54 Å². The van der Waals surface area contributed by atoms with Crippen LogP contribution in [0.25, 0.3) is 0 Å². The van der Waals surface area contributed by atoms with Crippen LogP contribution in [-0.4, -0.2) is 22.0 Å². The molecular formula is C5H14N2O2. The van der Waals surface area contributed by atoms with Crippen LogP contribution < -0.4 is 11.0 Å². The Morgan fingerprint density at radius 1 is 1.33 bits per heavy atom. The normalized spacial score (nSPS) is 15.7. The third kappa shape index (κ3) is 2.28. The van der Waals surface area contributed by atoms with Crippen LogP contribution in [0.15, 0.2) is 0 Å². The Morgan fingerprint density at radius 3 is 1.89 bits per heavy atom. The van der Waals surface area contributed by atoms with E-state index in [0.717, 1.165) is 0 Å². The van der Waals surface area contributed by atoms with Crippen LogP contribution in [0.2, 0.25) is 0 Å². The van der Waals surface area contributed by atoms with Gasteiger partial charge < -0.3 is 10.4 Å². The van der Waals surface area contributed by atoms with Crippen LogP contribution in [0, 0.1) is 0 Å². The lowest BCUT2D eigenvalue weighted by atomic mass is 9.98. The molecule has 4 N–H and O–H groups in total. The molecule has 9 heavy (non-hydrogen) atoms. The summed E-state index contributed by atoms with van der Waals surface area (Å²) >= 11 is 0. The smallest absolute Gasteiger partial charge is 0.0546 e. The van der Waals surface area contributed by atoms with Crippen molar-refractivity contribution in [2.24, 2.45) is 0 Å². The van der Waals surface area contributed by atoms with E-state index in [9.17, 15) is 0 Å². The van der Waals surface area contributed by atoms with Gasteiger partial charge in [0.1, 0.15) is 0 Å². The summed E-state index contributed by atoms with van der Waals surface area (Å²) in [6, 6.07) is -0.192. The van der Waals surface area contributed by atoms with Crippen molar-refractivity contribution in [3.8, 4) is 0 Å². The van der Waals surface area contributed by atoms with Crippen molar-refractivity contribution < 1.29 is 10.4 Å². The van der Waals surface area contributed by atoms with Crippen LogP contribution in [0.4, 0.5) is 0 Å². The molecule has 0 aliphatic carbocycles. The first-order chi connectivity index (χ1) is 4.04. The molecule has 0 unspecified atom stereocenters. The summed E-state index contributed by atoms with van der Waals surface area (Å²) in [5.41, 5.74) is 3.60. The van der Waals surface area contributed by atoms with Crippen LogP contribution in [0.1, 0.15) is 20.8 Å². The predicted octanol–water partition coefficient (Wildman–Crippen LogP) is 0.111. The molecule has 0 rings (SSSR count). The molecule has 4 nitrogen and oxygen atoms in total. The molecule has 0 radical (unpaired) electrons. The van der Waals surface area contributed by atoms with Gasteiger partial charge in [-0.05, 0) is 20.8 Å². The molecular weight excluding hydrogens is 120 g/mol. The Bertz CT molecular complexity index is 85.0. The second kappa shape index (κ2) is 3.12. The van der Waals surface area contributed by atoms with Crippen LogP contribution in [0.3, 0.4) is 0 Å².